The van der Waals surface area contributed by atoms with E-state index in [-0.39, 0.29) is 0 Å². The highest BCUT2D eigenvalue weighted by atomic mass is 16.5. The summed E-state index contributed by atoms with van der Waals surface area (Å²) in [5.74, 6) is 0.197. The van der Waals surface area contributed by atoms with Gasteiger partial charge < -0.3 is 10.1 Å². The monoisotopic (exact) mass is 288 g/mol. The number of carbonyl (C=O) groups excluding carboxylic acids is 1. The third-order valence-corrected chi connectivity index (χ3v) is 3.77. The van der Waals surface area contributed by atoms with Crippen LogP contribution in [0.15, 0.2) is 23.8 Å². The van der Waals surface area contributed by atoms with Gasteiger partial charge in [-0.2, -0.15) is 15.2 Å². The van der Waals surface area contributed by atoms with Gasteiger partial charge in [0.1, 0.15) is 12.4 Å². The quantitative estimate of drug-likeness (QED) is 0.822. The highest BCUT2D eigenvalue weighted by molar-refractivity contribution is 5.92. The lowest BCUT2D eigenvalue weighted by atomic mass is 9.96. The summed E-state index contributed by atoms with van der Waals surface area (Å²) in [5, 5.41) is 11.6. The van der Waals surface area contributed by atoms with Gasteiger partial charge in [0.05, 0.1) is 18.9 Å². The van der Waals surface area contributed by atoms with Gasteiger partial charge in [-0.05, 0) is 13.8 Å². The number of carbonyl (C=O) groups is 1. The fourth-order valence-corrected chi connectivity index (χ4v) is 2.54. The number of methoxy groups -OCH3 is 1. The van der Waals surface area contributed by atoms with E-state index in [4.69, 9.17) is 4.74 Å². The van der Waals surface area contributed by atoms with Crippen LogP contribution in [0.1, 0.15) is 24.2 Å². The van der Waals surface area contributed by atoms with Crippen LogP contribution >= 0.6 is 0 Å². The third-order valence-electron chi connectivity index (χ3n) is 3.77. The molecule has 0 amide bonds. The number of rotatable bonds is 2. The number of aryl methyl sites for hydroxylation is 1. The van der Waals surface area contributed by atoms with Crippen LogP contribution in [0.2, 0.25) is 0 Å². The molecule has 1 aliphatic rings. The summed E-state index contributed by atoms with van der Waals surface area (Å²) in [4.78, 5) is 16.4. The van der Waals surface area contributed by atoms with E-state index in [0.29, 0.717) is 17.2 Å². The molecule has 2 aromatic heterocycles. The number of nitrogens with one attached hydrogen (secondary N) is 1. The summed E-state index contributed by atoms with van der Waals surface area (Å²) >= 11 is 0. The first-order valence-electron chi connectivity index (χ1n) is 6.48. The summed E-state index contributed by atoms with van der Waals surface area (Å²) < 4.78 is 8.36. The Kier molecular flexibility index (Phi) is 3.00. The third kappa shape index (κ3) is 1.91. The van der Waals surface area contributed by atoms with Crippen LogP contribution in [0.5, 0.6) is 0 Å². The average Bonchev–Trinajstić information content (AvgIpc) is 3.05. The summed E-state index contributed by atoms with van der Waals surface area (Å²) in [6.45, 7) is 3.77. The number of ether oxygens (including phenoxy) is 1. The minimum Gasteiger partial charge on any atom is -0.466 e. The molecule has 0 radical (unpaired) electrons. The van der Waals surface area contributed by atoms with E-state index in [0.717, 1.165) is 11.3 Å². The highest BCUT2D eigenvalue weighted by Crippen LogP contribution is 2.36. The van der Waals surface area contributed by atoms with Crippen molar-refractivity contribution in [2.45, 2.75) is 19.9 Å². The van der Waals surface area contributed by atoms with Crippen molar-refractivity contribution in [3.8, 4) is 0 Å². The summed E-state index contributed by atoms with van der Waals surface area (Å²) in [7, 11) is 3.23. The SMILES string of the molecule is COC(=O)C1=C(C)Nc2ncnn2[C@@H]1c1cnn(C)c1C. The molecular weight excluding hydrogens is 272 g/mol. The molecular formula is C13H16N6O2. The van der Waals surface area contributed by atoms with Crippen LogP contribution in [-0.2, 0) is 16.6 Å². The van der Waals surface area contributed by atoms with E-state index < -0.39 is 12.0 Å². The van der Waals surface area contributed by atoms with Crippen LogP contribution in [0.25, 0.3) is 0 Å². The van der Waals surface area contributed by atoms with Gasteiger partial charge >= 0.3 is 5.97 Å². The van der Waals surface area contributed by atoms with Crippen molar-refractivity contribution in [2.24, 2.45) is 7.05 Å². The van der Waals surface area contributed by atoms with Crippen molar-refractivity contribution >= 4 is 11.9 Å². The Balaban J connectivity index is 2.22. The van der Waals surface area contributed by atoms with Gasteiger partial charge in [0.15, 0.2) is 0 Å². The molecule has 1 atom stereocenters. The van der Waals surface area contributed by atoms with E-state index in [1.54, 1.807) is 15.6 Å². The van der Waals surface area contributed by atoms with Crippen molar-refractivity contribution in [1.29, 1.82) is 0 Å². The Hall–Kier alpha value is -2.64. The first-order valence-corrected chi connectivity index (χ1v) is 6.48. The molecule has 0 aliphatic carbocycles. The molecule has 8 heteroatoms. The topological polar surface area (TPSA) is 86.9 Å². The molecule has 0 fully saturated rings. The number of allylic oxidation sites excluding steroid dienone is 1. The minimum atomic E-state index is -0.398. The first kappa shape index (κ1) is 13.3. The predicted molar refractivity (Wildman–Crippen MR) is 74.4 cm³/mol. The maximum absolute atomic E-state index is 12.2. The molecule has 21 heavy (non-hydrogen) atoms. The number of hydrogen-bond donors (Lipinski definition) is 1. The molecule has 1 aliphatic heterocycles. The summed E-state index contributed by atoms with van der Waals surface area (Å²) in [5.41, 5.74) is 3.06. The van der Waals surface area contributed by atoms with E-state index in [2.05, 4.69) is 20.5 Å². The number of esters is 1. The zero-order valence-electron chi connectivity index (χ0n) is 12.3. The van der Waals surface area contributed by atoms with Gasteiger partial charge in [0, 0.05) is 24.0 Å². The predicted octanol–water partition coefficient (Wildman–Crippen LogP) is 0.782. The Morgan fingerprint density at radius 3 is 2.76 bits per heavy atom. The number of nitrogens with zero attached hydrogens (tertiary/aromatic N) is 5. The second-order valence-electron chi connectivity index (χ2n) is 4.89. The molecule has 110 valence electrons. The Morgan fingerprint density at radius 1 is 1.38 bits per heavy atom. The molecule has 0 bridgehead atoms. The Labute approximate surface area is 121 Å². The fraction of sp³-hybridized carbons (Fsp3) is 0.385. The molecule has 0 aromatic carbocycles. The van der Waals surface area contributed by atoms with Crippen molar-refractivity contribution in [3.05, 3.63) is 35.1 Å². The standard InChI is InChI=1S/C13H16N6O2/c1-7-10(12(20)21-4)11(9-5-15-18(3)8(9)2)19-13(17-7)14-6-16-19/h5-6,11H,1-4H3,(H,14,16,17)/t11-/m1/s1. The second kappa shape index (κ2) is 4.72. The number of aromatic nitrogens is 5. The van der Waals surface area contributed by atoms with Crippen LogP contribution < -0.4 is 5.32 Å². The molecule has 0 saturated carbocycles. The van der Waals surface area contributed by atoms with Crippen LogP contribution in [0.4, 0.5) is 5.95 Å². The average molecular weight is 288 g/mol. The molecule has 3 heterocycles. The van der Waals surface area contributed by atoms with Gasteiger partial charge in [-0.3, -0.25) is 4.68 Å². The molecule has 1 N–H and O–H groups in total. The van der Waals surface area contributed by atoms with E-state index in [1.165, 1.54) is 13.4 Å². The summed E-state index contributed by atoms with van der Waals surface area (Å²) in [6, 6.07) is -0.398. The van der Waals surface area contributed by atoms with Gasteiger partial charge in [-0.25, -0.2) is 9.48 Å². The van der Waals surface area contributed by atoms with E-state index >= 15 is 0 Å². The number of fused-ring (bicyclic) bond motifs is 1. The summed E-state index contributed by atoms with van der Waals surface area (Å²) in [6.07, 6.45) is 3.20. The normalized spacial score (nSPS) is 17.4. The lowest BCUT2D eigenvalue weighted by Gasteiger charge is -2.27. The maximum Gasteiger partial charge on any atom is 0.338 e. The molecule has 8 nitrogen and oxygen atoms in total. The maximum atomic E-state index is 12.2. The molecule has 0 unspecified atom stereocenters. The largest absolute Gasteiger partial charge is 0.466 e. The van der Waals surface area contributed by atoms with Crippen LogP contribution in [0, 0.1) is 6.92 Å². The van der Waals surface area contributed by atoms with Crippen molar-refractivity contribution in [3.63, 3.8) is 0 Å². The van der Waals surface area contributed by atoms with Crippen LogP contribution in [0.3, 0.4) is 0 Å². The fourth-order valence-electron chi connectivity index (χ4n) is 2.54. The molecule has 3 rings (SSSR count). The Bertz CT molecular complexity index is 742. The lowest BCUT2D eigenvalue weighted by molar-refractivity contribution is -0.136. The van der Waals surface area contributed by atoms with Crippen LogP contribution in [-0.4, -0.2) is 37.6 Å². The molecule has 0 saturated heterocycles. The highest BCUT2D eigenvalue weighted by Gasteiger charge is 2.35. The van der Waals surface area contributed by atoms with Crippen molar-refractivity contribution in [2.75, 3.05) is 12.4 Å². The Morgan fingerprint density at radius 2 is 2.14 bits per heavy atom. The number of anilines is 1. The van der Waals surface area contributed by atoms with E-state index in [1.807, 2.05) is 20.9 Å². The second-order valence-corrected chi connectivity index (χ2v) is 4.89. The smallest absolute Gasteiger partial charge is 0.338 e. The van der Waals surface area contributed by atoms with E-state index in [9.17, 15) is 4.79 Å². The zero-order valence-corrected chi connectivity index (χ0v) is 12.3. The van der Waals surface area contributed by atoms with Gasteiger partial charge in [-0.1, -0.05) is 0 Å². The van der Waals surface area contributed by atoms with Crippen molar-refractivity contribution in [1.82, 2.24) is 24.5 Å². The van der Waals surface area contributed by atoms with Gasteiger partial charge in [0.25, 0.3) is 0 Å². The van der Waals surface area contributed by atoms with Gasteiger partial charge in [0.2, 0.25) is 5.95 Å². The molecule has 2 aromatic rings. The van der Waals surface area contributed by atoms with Crippen molar-refractivity contribution < 1.29 is 9.53 Å². The van der Waals surface area contributed by atoms with Gasteiger partial charge in [-0.15, -0.1) is 0 Å². The minimum absolute atomic E-state index is 0.394. The lowest BCUT2D eigenvalue weighted by Crippen LogP contribution is -2.29. The first-order chi connectivity index (χ1) is 10.0. The molecule has 0 spiro atoms. The zero-order chi connectivity index (χ0) is 15.1. The number of hydrogen-bond acceptors (Lipinski definition) is 6.